The van der Waals surface area contributed by atoms with Crippen molar-refractivity contribution in [1.82, 2.24) is 15.0 Å². The number of nitrogens with zero attached hydrogens (tertiary/aromatic N) is 4. The number of hydrazine groups is 1. The summed E-state index contributed by atoms with van der Waals surface area (Å²) < 4.78 is 0. The zero-order chi connectivity index (χ0) is 18.8. The van der Waals surface area contributed by atoms with E-state index in [-0.39, 0.29) is 11.4 Å². The molecule has 26 heavy (non-hydrogen) atoms. The molecule has 2 amide bonds. The van der Waals surface area contributed by atoms with Crippen LogP contribution in [0.15, 0.2) is 40.9 Å². The van der Waals surface area contributed by atoms with Crippen LogP contribution in [0.25, 0.3) is 11.4 Å². The van der Waals surface area contributed by atoms with E-state index in [0.717, 1.165) is 5.01 Å². The number of nitrogens with one attached hydrogen (secondary N) is 1. The van der Waals surface area contributed by atoms with Crippen LogP contribution in [0.2, 0.25) is 5.02 Å². The van der Waals surface area contributed by atoms with E-state index in [0.29, 0.717) is 27.0 Å². The summed E-state index contributed by atoms with van der Waals surface area (Å²) in [5, 5.41) is 11.3. The number of aromatic nitrogens is 2. The number of halogens is 1. The van der Waals surface area contributed by atoms with Crippen LogP contribution in [0.3, 0.4) is 0 Å². The minimum atomic E-state index is -0.520. The number of hydrogen-bond donors (Lipinski definition) is 1. The molecule has 1 N–H and O–H groups in total. The average Bonchev–Trinajstić information content (AvgIpc) is 2.87. The number of carbonyl (C=O) groups excluding carboxylic acids is 2. The Morgan fingerprint density at radius 1 is 1.23 bits per heavy atom. The summed E-state index contributed by atoms with van der Waals surface area (Å²) in [4.78, 5) is 32.8. The third-order valence-corrected chi connectivity index (χ3v) is 4.54. The quantitative estimate of drug-likeness (QED) is 0.490. The zero-order valence-electron chi connectivity index (χ0n) is 13.8. The summed E-state index contributed by atoms with van der Waals surface area (Å²) in [6, 6.07) is 8.91. The van der Waals surface area contributed by atoms with Crippen LogP contribution in [0, 0.1) is 11.3 Å². The number of thioether (sulfide) groups is 1. The SMILES string of the molecule is CSc1nc(-c2ccc(Cl)cc2)nc(NN2C(=O)C=C(C)C2=O)c1C#N. The fourth-order valence-electron chi connectivity index (χ4n) is 2.30. The lowest BCUT2D eigenvalue weighted by atomic mass is 10.2. The van der Waals surface area contributed by atoms with Crippen LogP contribution in [0.4, 0.5) is 5.82 Å². The van der Waals surface area contributed by atoms with Crippen molar-refractivity contribution < 1.29 is 9.59 Å². The van der Waals surface area contributed by atoms with E-state index in [9.17, 15) is 14.9 Å². The van der Waals surface area contributed by atoms with E-state index in [2.05, 4.69) is 15.4 Å². The maximum absolute atomic E-state index is 12.1. The molecule has 130 valence electrons. The van der Waals surface area contributed by atoms with Gasteiger partial charge in [-0.1, -0.05) is 11.6 Å². The largest absolute Gasteiger partial charge is 0.275 e. The topological polar surface area (TPSA) is 99.0 Å². The maximum Gasteiger partial charge on any atom is 0.275 e. The smallest absolute Gasteiger partial charge is 0.270 e. The predicted molar refractivity (Wildman–Crippen MR) is 98.2 cm³/mol. The summed E-state index contributed by atoms with van der Waals surface area (Å²) >= 11 is 7.17. The van der Waals surface area contributed by atoms with Crippen LogP contribution in [0.5, 0.6) is 0 Å². The Morgan fingerprint density at radius 2 is 1.92 bits per heavy atom. The second kappa shape index (κ2) is 7.15. The molecule has 0 radical (unpaired) electrons. The molecular formula is C17H12ClN5O2S. The minimum Gasteiger partial charge on any atom is -0.270 e. The molecule has 2 aromatic rings. The predicted octanol–water partition coefficient (Wildman–Crippen LogP) is 3.03. The van der Waals surface area contributed by atoms with Crippen LogP contribution in [0.1, 0.15) is 12.5 Å². The first-order chi connectivity index (χ1) is 12.4. The van der Waals surface area contributed by atoms with E-state index in [1.807, 2.05) is 6.07 Å². The second-order valence-electron chi connectivity index (χ2n) is 5.32. The Kier molecular flexibility index (Phi) is 4.93. The molecule has 0 saturated heterocycles. The summed E-state index contributed by atoms with van der Waals surface area (Å²) in [7, 11) is 0. The van der Waals surface area contributed by atoms with Gasteiger partial charge in [0.2, 0.25) is 0 Å². The fraction of sp³-hybridized carbons (Fsp3) is 0.118. The number of carbonyl (C=O) groups is 2. The number of benzene rings is 1. The first-order valence-electron chi connectivity index (χ1n) is 7.40. The minimum absolute atomic E-state index is 0.0848. The van der Waals surface area contributed by atoms with Gasteiger partial charge in [-0.3, -0.25) is 15.0 Å². The highest BCUT2D eigenvalue weighted by atomic mass is 35.5. The summed E-state index contributed by atoms with van der Waals surface area (Å²) in [6.45, 7) is 1.54. The van der Waals surface area contributed by atoms with Crippen LogP contribution < -0.4 is 5.43 Å². The Bertz CT molecular complexity index is 982. The van der Waals surface area contributed by atoms with Crippen LogP contribution in [-0.2, 0) is 9.59 Å². The Balaban J connectivity index is 2.07. The second-order valence-corrected chi connectivity index (χ2v) is 6.55. The molecule has 2 heterocycles. The van der Waals surface area contributed by atoms with E-state index in [1.54, 1.807) is 37.4 Å². The molecule has 7 nitrogen and oxygen atoms in total. The standard InChI is InChI=1S/C17H12ClN5O2S/c1-9-7-13(24)23(17(9)25)22-15-12(8-19)16(26-2)21-14(20-15)10-3-5-11(18)6-4-10/h3-7H,1-2H3,(H,20,21,22). The van der Waals surface area contributed by atoms with Crippen molar-refractivity contribution in [1.29, 1.82) is 5.26 Å². The molecule has 1 aromatic carbocycles. The molecule has 1 aromatic heterocycles. The van der Waals surface area contributed by atoms with E-state index in [4.69, 9.17) is 11.6 Å². The molecule has 0 saturated carbocycles. The monoisotopic (exact) mass is 385 g/mol. The molecule has 0 bridgehead atoms. The van der Waals surface area contributed by atoms with Crippen molar-refractivity contribution in [3.8, 4) is 17.5 Å². The van der Waals surface area contributed by atoms with Gasteiger partial charge in [0.25, 0.3) is 11.8 Å². The van der Waals surface area contributed by atoms with Gasteiger partial charge in [0, 0.05) is 22.2 Å². The van der Waals surface area contributed by atoms with Crippen molar-refractivity contribution in [2.24, 2.45) is 0 Å². The Labute approximate surface area is 158 Å². The van der Waals surface area contributed by atoms with Gasteiger partial charge in [-0.05, 0) is 37.4 Å². The van der Waals surface area contributed by atoms with E-state index in [1.165, 1.54) is 17.8 Å². The van der Waals surface area contributed by atoms with Gasteiger partial charge in [0.05, 0.1) is 0 Å². The number of amides is 2. The number of rotatable bonds is 4. The van der Waals surface area contributed by atoms with Gasteiger partial charge in [-0.2, -0.15) is 10.3 Å². The molecule has 3 rings (SSSR count). The molecule has 1 aliphatic heterocycles. The van der Waals surface area contributed by atoms with Crippen molar-refractivity contribution in [3.63, 3.8) is 0 Å². The molecule has 0 atom stereocenters. The molecule has 0 spiro atoms. The lowest BCUT2D eigenvalue weighted by molar-refractivity contribution is -0.135. The maximum atomic E-state index is 12.1. The van der Waals surface area contributed by atoms with Crippen molar-refractivity contribution in [2.75, 3.05) is 11.7 Å². The molecular weight excluding hydrogens is 374 g/mol. The first kappa shape index (κ1) is 17.9. The van der Waals surface area contributed by atoms with Crippen LogP contribution in [-0.4, -0.2) is 33.0 Å². The average molecular weight is 386 g/mol. The van der Waals surface area contributed by atoms with E-state index >= 15 is 0 Å². The first-order valence-corrected chi connectivity index (χ1v) is 9.00. The zero-order valence-corrected chi connectivity index (χ0v) is 15.4. The molecule has 0 unspecified atom stereocenters. The van der Waals surface area contributed by atoms with Crippen molar-refractivity contribution in [2.45, 2.75) is 11.9 Å². The third-order valence-electron chi connectivity index (χ3n) is 3.60. The molecule has 9 heteroatoms. The highest BCUT2D eigenvalue weighted by molar-refractivity contribution is 7.98. The van der Waals surface area contributed by atoms with Gasteiger partial charge >= 0.3 is 0 Å². The molecule has 1 aliphatic rings. The van der Waals surface area contributed by atoms with Gasteiger partial charge in [-0.25, -0.2) is 9.97 Å². The summed E-state index contributed by atoms with van der Waals surface area (Å²) in [6.07, 6.45) is 2.99. The number of nitriles is 1. The highest BCUT2D eigenvalue weighted by Crippen LogP contribution is 2.29. The lowest BCUT2D eigenvalue weighted by Gasteiger charge is -2.18. The highest BCUT2D eigenvalue weighted by Gasteiger charge is 2.30. The third kappa shape index (κ3) is 3.27. The molecule has 0 aliphatic carbocycles. The fourth-order valence-corrected chi connectivity index (χ4v) is 2.95. The molecule has 0 fully saturated rings. The van der Waals surface area contributed by atoms with E-state index < -0.39 is 11.8 Å². The van der Waals surface area contributed by atoms with Crippen molar-refractivity contribution >= 4 is 41.0 Å². The number of imide groups is 1. The number of anilines is 1. The van der Waals surface area contributed by atoms with Gasteiger partial charge in [-0.15, -0.1) is 11.8 Å². The van der Waals surface area contributed by atoms with Gasteiger partial charge in [0.15, 0.2) is 11.6 Å². The van der Waals surface area contributed by atoms with Crippen molar-refractivity contribution in [3.05, 3.63) is 46.5 Å². The Morgan fingerprint density at radius 3 is 2.46 bits per heavy atom. The lowest BCUT2D eigenvalue weighted by Crippen LogP contribution is -2.37. The van der Waals surface area contributed by atoms with Gasteiger partial charge in [0.1, 0.15) is 16.7 Å². The normalized spacial score (nSPS) is 13.6. The Hall–Kier alpha value is -2.89. The summed E-state index contributed by atoms with van der Waals surface area (Å²) in [5.41, 5.74) is 3.80. The number of hydrogen-bond acceptors (Lipinski definition) is 7. The summed E-state index contributed by atoms with van der Waals surface area (Å²) in [5.74, 6) is -0.581. The van der Waals surface area contributed by atoms with Gasteiger partial charge < -0.3 is 0 Å². The van der Waals surface area contributed by atoms with Crippen LogP contribution >= 0.6 is 23.4 Å².